The van der Waals surface area contributed by atoms with E-state index in [9.17, 15) is 9.90 Å². The van der Waals surface area contributed by atoms with Crippen molar-refractivity contribution in [1.82, 2.24) is 4.90 Å². The zero-order valence-electron chi connectivity index (χ0n) is 13.8. The third-order valence-corrected chi connectivity index (χ3v) is 5.05. The number of rotatable bonds is 3. The normalized spacial score (nSPS) is 20.3. The summed E-state index contributed by atoms with van der Waals surface area (Å²) in [5.41, 5.74) is 0.908. The molecule has 1 aromatic rings. The summed E-state index contributed by atoms with van der Waals surface area (Å²) in [5.74, 6) is 0.662. The Labute approximate surface area is 138 Å². The van der Waals surface area contributed by atoms with Crippen LogP contribution in [0.5, 0.6) is 5.75 Å². The Bertz CT molecular complexity index is 519. The second-order valence-electron chi connectivity index (χ2n) is 6.70. The van der Waals surface area contributed by atoms with Crippen LogP contribution in [0.15, 0.2) is 24.3 Å². The van der Waals surface area contributed by atoms with E-state index in [4.69, 9.17) is 0 Å². The van der Waals surface area contributed by atoms with Gasteiger partial charge in [0.2, 0.25) is 0 Å². The largest absolute Gasteiger partial charge is 0.506 e. The van der Waals surface area contributed by atoms with Crippen LogP contribution in [0.25, 0.3) is 0 Å². The maximum atomic E-state index is 12.5. The summed E-state index contributed by atoms with van der Waals surface area (Å²) in [6.45, 7) is 6.18. The summed E-state index contributed by atoms with van der Waals surface area (Å²) in [4.78, 5) is 18.1. The molecule has 1 aromatic carbocycles. The van der Waals surface area contributed by atoms with Crippen molar-refractivity contribution < 1.29 is 14.8 Å². The van der Waals surface area contributed by atoms with Gasteiger partial charge in [0.15, 0.2) is 6.54 Å². The van der Waals surface area contributed by atoms with Crippen molar-refractivity contribution in [2.24, 2.45) is 0 Å². The average Bonchev–Trinajstić information content (AvgIpc) is 2.86. The predicted molar refractivity (Wildman–Crippen MR) is 90.9 cm³/mol. The van der Waals surface area contributed by atoms with E-state index in [0.29, 0.717) is 18.2 Å². The van der Waals surface area contributed by atoms with Crippen LogP contribution in [0.3, 0.4) is 0 Å². The van der Waals surface area contributed by atoms with E-state index in [2.05, 4.69) is 9.80 Å². The van der Waals surface area contributed by atoms with Crippen molar-refractivity contribution in [3.8, 4) is 5.75 Å². The molecule has 3 rings (SSSR count). The number of para-hydroxylation sites is 2. The third-order valence-electron chi connectivity index (χ3n) is 5.05. The Balaban J connectivity index is 1.49. The van der Waals surface area contributed by atoms with Crippen molar-refractivity contribution in [3.05, 3.63) is 24.3 Å². The van der Waals surface area contributed by atoms with Gasteiger partial charge in [-0.2, -0.15) is 0 Å². The van der Waals surface area contributed by atoms with Gasteiger partial charge in [0.1, 0.15) is 5.75 Å². The second-order valence-corrected chi connectivity index (χ2v) is 6.70. The number of phenols is 1. The molecule has 0 aliphatic carbocycles. The van der Waals surface area contributed by atoms with Crippen LogP contribution >= 0.6 is 0 Å². The van der Waals surface area contributed by atoms with Gasteiger partial charge in [-0.15, -0.1) is 0 Å². The van der Waals surface area contributed by atoms with Crippen LogP contribution in [0.1, 0.15) is 25.7 Å². The average molecular weight is 318 g/mol. The molecule has 0 aromatic heterocycles. The number of anilines is 1. The Morgan fingerprint density at radius 3 is 2.30 bits per heavy atom. The molecular weight excluding hydrogens is 290 g/mol. The molecule has 2 aliphatic heterocycles. The van der Waals surface area contributed by atoms with E-state index in [-0.39, 0.29) is 0 Å². The number of hydrogen-bond acceptors (Lipinski definition) is 3. The summed E-state index contributed by atoms with van der Waals surface area (Å²) < 4.78 is 0. The minimum Gasteiger partial charge on any atom is -0.506 e. The Kier molecular flexibility index (Phi) is 5.39. The van der Waals surface area contributed by atoms with Gasteiger partial charge >= 0.3 is 0 Å². The molecule has 0 radical (unpaired) electrons. The highest BCUT2D eigenvalue weighted by molar-refractivity contribution is 5.77. The molecule has 0 spiro atoms. The lowest BCUT2D eigenvalue weighted by Gasteiger charge is -2.34. The van der Waals surface area contributed by atoms with E-state index in [1.807, 2.05) is 18.2 Å². The summed E-state index contributed by atoms with van der Waals surface area (Å²) in [6.07, 6.45) is 4.83. The lowest BCUT2D eigenvalue weighted by atomic mass is 10.2. The number of carbonyl (C=O) groups is 1. The highest BCUT2D eigenvalue weighted by atomic mass is 16.3. The number of piperazine rings is 1. The Morgan fingerprint density at radius 1 is 1.00 bits per heavy atom. The Hall–Kier alpha value is -1.75. The highest BCUT2D eigenvalue weighted by Crippen LogP contribution is 2.25. The molecule has 5 nitrogen and oxygen atoms in total. The number of phenolic OH excluding ortho intramolecular Hbond substituents is 1. The quantitative estimate of drug-likeness (QED) is 0.853. The molecule has 0 atom stereocenters. The van der Waals surface area contributed by atoms with E-state index in [1.54, 1.807) is 6.07 Å². The van der Waals surface area contributed by atoms with Crippen LogP contribution in [0, 0.1) is 0 Å². The molecule has 23 heavy (non-hydrogen) atoms. The number of quaternary nitrogens is 1. The van der Waals surface area contributed by atoms with Gasteiger partial charge in [0.25, 0.3) is 5.91 Å². The van der Waals surface area contributed by atoms with Crippen LogP contribution in [-0.4, -0.2) is 61.7 Å². The summed E-state index contributed by atoms with van der Waals surface area (Å²) in [7, 11) is 0. The first-order valence-electron chi connectivity index (χ1n) is 8.88. The van der Waals surface area contributed by atoms with Crippen molar-refractivity contribution in [1.29, 1.82) is 0 Å². The van der Waals surface area contributed by atoms with Crippen LogP contribution < -0.4 is 9.80 Å². The van der Waals surface area contributed by atoms with Gasteiger partial charge in [0.05, 0.1) is 31.9 Å². The van der Waals surface area contributed by atoms with E-state index >= 15 is 0 Å². The lowest BCUT2D eigenvalue weighted by molar-refractivity contribution is -0.892. The number of amides is 1. The molecule has 2 aliphatic rings. The number of carbonyl (C=O) groups excluding carboxylic acids is 1. The van der Waals surface area contributed by atoms with Gasteiger partial charge in [-0.25, -0.2) is 0 Å². The van der Waals surface area contributed by atoms with Crippen molar-refractivity contribution >= 4 is 11.6 Å². The number of nitrogens with one attached hydrogen (secondary N) is 1. The molecule has 2 heterocycles. The molecular formula is C18H28N3O2+. The Morgan fingerprint density at radius 2 is 1.65 bits per heavy atom. The van der Waals surface area contributed by atoms with E-state index in [1.165, 1.54) is 17.7 Å². The molecule has 1 amide bonds. The van der Waals surface area contributed by atoms with Crippen LogP contribution in [-0.2, 0) is 4.79 Å². The summed E-state index contributed by atoms with van der Waals surface area (Å²) in [5, 5.41) is 9.96. The van der Waals surface area contributed by atoms with Gasteiger partial charge < -0.3 is 19.8 Å². The van der Waals surface area contributed by atoms with Gasteiger partial charge in [-0.3, -0.25) is 4.79 Å². The number of aromatic hydroxyl groups is 1. The van der Waals surface area contributed by atoms with Crippen LogP contribution in [0.2, 0.25) is 0 Å². The second kappa shape index (κ2) is 7.68. The number of likely N-dealkylation sites (tertiary alicyclic amines) is 1. The fraction of sp³-hybridized carbons (Fsp3) is 0.611. The monoisotopic (exact) mass is 318 g/mol. The van der Waals surface area contributed by atoms with Crippen molar-refractivity contribution in [2.75, 3.05) is 50.7 Å². The molecule has 126 valence electrons. The molecule has 2 N–H and O–H groups in total. The van der Waals surface area contributed by atoms with Gasteiger partial charge in [-0.1, -0.05) is 25.0 Å². The smallest absolute Gasteiger partial charge is 0.277 e. The van der Waals surface area contributed by atoms with Gasteiger partial charge in [0, 0.05) is 13.1 Å². The summed E-state index contributed by atoms with van der Waals surface area (Å²) in [6, 6.07) is 7.50. The predicted octanol–water partition coefficient (Wildman–Crippen LogP) is 0.500. The number of nitrogens with zero attached hydrogens (tertiary/aromatic N) is 2. The fourth-order valence-corrected chi connectivity index (χ4v) is 3.62. The molecule has 2 fully saturated rings. The van der Waals surface area contributed by atoms with Crippen molar-refractivity contribution in [3.63, 3.8) is 0 Å². The molecule has 0 bridgehead atoms. The lowest BCUT2D eigenvalue weighted by Crippen LogP contribution is -3.15. The number of benzene rings is 1. The first kappa shape index (κ1) is 16.1. The van der Waals surface area contributed by atoms with Crippen molar-refractivity contribution in [2.45, 2.75) is 25.7 Å². The van der Waals surface area contributed by atoms with E-state index < -0.39 is 0 Å². The molecule has 2 saturated heterocycles. The molecule has 0 saturated carbocycles. The third kappa shape index (κ3) is 4.16. The first-order chi connectivity index (χ1) is 11.2. The first-order valence-corrected chi connectivity index (χ1v) is 8.88. The molecule has 0 unspecified atom stereocenters. The van der Waals surface area contributed by atoms with E-state index in [0.717, 1.165) is 57.8 Å². The zero-order valence-corrected chi connectivity index (χ0v) is 13.8. The zero-order chi connectivity index (χ0) is 16.1. The minimum absolute atomic E-state index is 0.318. The molecule has 5 heteroatoms. The maximum absolute atomic E-state index is 12.5. The minimum atomic E-state index is 0.318. The maximum Gasteiger partial charge on any atom is 0.277 e. The standard InChI is InChI=1S/C18H27N3O2/c22-17-8-4-3-7-16(17)20-13-11-19(12-14-20)15-18(23)21-9-5-1-2-6-10-21/h3-4,7-8,22H,1-2,5-6,9-15H2/p+1. The highest BCUT2D eigenvalue weighted by Gasteiger charge is 2.26. The summed E-state index contributed by atoms with van der Waals surface area (Å²) >= 11 is 0. The van der Waals surface area contributed by atoms with Crippen LogP contribution in [0.4, 0.5) is 5.69 Å². The SMILES string of the molecule is O=C(C[NH+]1CCN(c2ccccc2O)CC1)N1CCCCCC1. The fourth-order valence-electron chi connectivity index (χ4n) is 3.62. The van der Waals surface area contributed by atoms with Gasteiger partial charge in [-0.05, 0) is 25.0 Å². The topological polar surface area (TPSA) is 48.2 Å². The number of hydrogen-bond donors (Lipinski definition) is 2.